The van der Waals surface area contributed by atoms with Gasteiger partial charge in [-0.25, -0.2) is 0 Å². The molecular weight excluding hydrogens is 345 g/mol. The fourth-order valence-electron chi connectivity index (χ4n) is 2.42. The number of halogens is 3. The highest BCUT2D eigenvalue weighted by Crippen LogP contribution is 2.16. The number of alkyl halides is 3. The topological polar surface area (TPSA) is 58.2 Å². The third-order valence-corrected chi connectivity index (χ3v) is 3.69. The Bertz CT molecular complexity index is 799. The molecule has 0 aromatic heterocycles. The van der Waals surface area contributed by atoms with Crippen molar-refractivity contribution >= 4 is 17.5 Å². The van der Waals surface area contributed by atoms with Gasteiger partial charge in [0.05, 0.1) is 6.42 Å². The van der Waals surface area contributed by atoms with Gasteiger partial charge in [-0.15, -0.1) is 0 Å². The van der Waals surface area contributed by atoms with Crippen LogP contribution < -0.4 is 10.6 Å². The molecule has 7 heteroatoms. The molecule has 2 N–H and O–H groups in total. The summed E-state index contributed by atoms with van der Waals surface area (Å²) in [6.45, 7) is 2.44. The molecule has 0 atom stereocenters. The van der Waals surface area contributed by atoms with Crippen LogP contribution in [-0.4, -0.2) is 24.5 Å². The van der Waals surface area contributed by atoms with Gasteiger partial charge in [-0.05, 0) is 43.2 Å². The van der Waals surface area contributed by atoms with Gasteiger partial charge in [0.2, 0.25) is 5.91 Å². The molecule has 0 saturated heterocycles. The summed E-state index contributed by atoms with van der Waals surface area (Å²) >= 11 is 0. The second-order valence-corrected chi connectivity index (χ2v) is 6.04. The van der Waals surface area contributed by atoms with Crippen LogP contribution in [0.3, 0.4) is 0 Å². The highest BCUT2D eigenvalue weighted by molar-refractivity contribution is 6.05. The summed E-state index contributed by atoms with van der Waals surface area (Å²) in [5.74, 6) is -0.965. The Morgan fingerprint density at radius 1 is 1.00 bits per heavy atom. The van der Waals surface area contributed by atoms with E-state index in [0.29, 0.717) is 16.8 Å². The normalized spacial score (nSPS) is 11.1. The SMILES string of the molecule is Cc1ccc(C(=O)Nc2ccc(CC(=O)NCC(F)(F)F)cc2)c(C)c1. The van der Waals surface area contributed by atoms with E-state index in [1.807, 2.05) is 31.3 Å². The standard InChI is InChI=1S/C19H19F3N2O2/c1-12-3-8-16(13(2)9-12)18(26)24-15-6-4-14(5-7-15)10-17(25)23-11-19(20,21)22/h3-9H,10-11H2,1-2H3,(H,23,25)(H,24,26). The molecule has 26 heavy (non-hydrogen) atoms. The first-order chi connectivity index (χ1) is 12.1. The summed E-state index contributed by atoms with van der Waals surface area (Å²) in [7, 11) is 0. The number of hydrogen-bond acceptors (Lipinski definition) is 2. The molecule has 0 saturated carbocycles. The van der Waals surface area contributed by atoms with Crippen molar-refractivity contribution in [1.82, 2.24) is 5.32 Å². The van der Waals surface area contributed by atoms with Gasteiger partial charge in [0, 0.05) is 11.3 Å². The monoisotopic (exact) mass is 364 g/mol. The lowest BCUT2D eigenvalue weighted by Crippen LogP contribution is -2.34. The van der Waals surface area contributed by atoms with Gasteiger partial charge in [0.15, 0.2) is 0 Å². The van der Waals surface area contributed by atoms with E-state index in [4.69, 9.17) is 0 Å². The van der Waals surface area contributed by atoms with Crippen molar-refractivity contribution in [1.29, 1.82) is 0 Å². The molecule has 0 radical (unpaired) electrons. The summed E-state index contributed by atoms with van der Waals surface area (Å²) in [5, 5.41) is 4.57. The number of anilines is 1. The second kappa shape index (κ2) is 8.03. The molecule has 0 heterocycles. The van der Waals surface area contributed by atoms with E-state index in [1.54, 1.807) is 30.3 Å². The van der Waals surface area contributed by atoms with E-state index in [0.717, 1.165) is 11.1 Å². The summed E-state index contributed by atoms with van der Waals surface area (Å²) in [6, 6.07) is 11.9. The molecule has 138 valence electrons. The number of rotatable bonds is 5. The minimum Gasteiger partial charge on any atom is -0.347 e. The average molecular weight is 364 g/mol. The fraction of sp³-hybridized carbons (Fsp3) is 0.263. The van der Waals surface area contributed by atoms with Gasteiger partial charge in [-0.2, -0.15) is 13.2 Å². The first-order valence-electron chi connectivity index (χ1n) is 7.95. The lowest BCUT2D eigenvalue weighted by Gasteiger charge is -2.10. The number of carbonyl (C=O) groups excluding carboxylic acids is 2. The zero-order valence-electron chi connectivity index (χ0n) is 14.4. The number of carbonyl (C=O) groups is 2. The van der Waals surface area contributed by atoms with Crippen LogP contribution in [0.5, 0.6) is 0 Å². The number of hydrogen-bond donors (Lipinski definition) is 2. The third-order valence-electron chi connectivity index (χ3n) is 3.69. The second-order valence-electron chi connectivity index (χ2n) is 6.04. The Hall–Kier alpha value is -2.83. The van der Waals surface area contributed by atoms with E-state index < -0.39 is 18.6 Å². The number of benzene rings is 2. The largest absolute Gasteiger partial charge is 0.405 e. The Morgan fingerprint density at radius 2 is 1.65 bits per heavy atom. The highest BCUT2D eigenvalue weighted by atomic mass is 19.4. The summed E-state index contributed by atoms with van der Waals surface area (Å²) in [5.41, 5.74) is 3.57. The van der Waals surface area contributed by atoms with Gasteiger partial charge in [-0.3, -0.25) is 9.59 Å². The molecule has 0 aliphatic heterocycles. The molecule has 4 nitrogen and oxygen atoms in total. The maximum Gasteiger partial charge on any atom is 0.405 e. The van der Waals surface area contributed by atoms with Crippen molar-refractivity contribution in [2.75, 3.05) is 11.9 Å². The van der Waals surface area contributed by atoms with Crippen molar-refractivity contribution in [3.8, 4) is 0 Å². The Balaban J connectivity index is 1.94. The van der Waals surface area contributed by atoms with Crippen molar-refractivity contribution in [2.24, 2.45) is 0 Å². The fourth-order valence-corrected chi connectivity index (χ4v) is 2.42. The average Bonchev–Trinajstić information content (AvgIpc) is 2.54. The predicted octanol–water partition coefficient (Wildman–Crippen LogP) is 3.78. The molecule has 2 amide bonds. The third kappa shape index (κ3) is 5.91. The lowest BCUT2D eigenvalue weighted by atomic mass is 10.0. The van der Waals surface area contributed by atoms with Crippen LogP contribution >= 0.6 is 0 Å². The maximum absolute atomic E-state index is 12.3. The van der Waals surface area contributed by atoms with Crippen molar-refractivity contribution in [3.63, 3.8) is 0 Å². The maximum atomic E-state index is 12.3. The predicted molar refractivity (Wildman–Crippen MR) is 93.1 cm³/mol. The molecule has 0 spiro atoms. The van der Waals surface area contributed by atoms with Crippen LogP contribution in [-0.2, 0) is 11.2 Å². The minimum absolute atomic E-state index is 0.165. The van der Waals surface area contributed by atoms with Crippen LogP contribution in [0, 0.1) is 13.8 Å². The Morgan fingerprint density at radius 3 is 2.23 bits per heavy atom. The van der Waals surface area contributed by atoms with Crippen LogP contribution in [0.25, 0.3) is 0 Å². The summed E-state index contributed by atoms with van der Waals surface area (Å²) in [6.07, 6.45) is -4.60. The van der Waals surface area contributed by atoms with E-state index in [9.17, 15) is 22.8 Å². The number of aryl methyl sites for hydroxylation is 2. The van der Waals surface area contributed by atoms with Crippen LogP contribution in [0.4, 0.5) is 18.9 Å². The Labute approximate surface area is 149 Å². The smallest absolute Gasteiger partial charge is 0.347 e. The van der Waals surface area contributed by atoms with Gasteiger partial charge in [-0.1, -0.05) is 29.8 Å². The van der Waals surface area contributed by atoms with Gasteiger partial charge in [0.1, 0.15) is 6.54 Å². The highest BCUT2D eigenvalue weighted by Gasteiger charge is 2.27. The quantitative estimate of drug-likeness (QED) is 0.848. The number of amides is 2. The van der Waals surface area contributed by atoms with Crippen LogP contribution in [0.1, 0.15) is 27.0 Å². The first-order valence-corrected chi connectivity index (χ1v) is 7.95. The molecule has 0 fully saturated rings. The molecule has 2 aromatic carbocycles. The lowest BCUT2D eigenvalue weighted by molar-refractivity contribution is -0.138. The zero-order valence-corrected chi connectivity index (χ0v) is 14.4. The van der Waals surface area contributed by atoms with E-state index in [2.05, 4.69) is 5.32 Å². The Kier molecular flexibility index (Phi) is 6.02. The van der Waals surface area contributed by atoms with Crippen LogP contribution in [0.15, 0.2) is 42.5 Å². The molecule has 2 aromatic rings. The zero-order chi connectivity index (χ0) is 19.3. The van der Waals surface area contributed by atoms with Crippen molar-refractivity contribution in [3.05, 3.63) is 64.7 Å². The number of nitrogens with one attached hydrogen (secondary N) is 2. The first kappa shape index (κ1) is 19.5. The van der Waals surface area contributed by atoms with E-state index >= 15 is 0 Å². The molecule has 0 aliphatic carbocycles. The van der Waals surface area contributed by atoms with Crippen LogP contribution in [0.2, 0.25) is 0 Å². The van der Waals surface area contributed by atoms with Gasteiger partial charge in [0.25, 0.3) is 5.91 Å². The van der Waals surface area contributed by atoms with Gasteiger partial charge < -0.3 is 10.6 Å². The molecule has 0 aliphatic rings. The molecular formula is C19H19F3N2O2. The van der Waals surface area contributed by atoms with E-state index in [1.165, 1.54) is 0 Å². The van der Waals surface area contributed by atoms with Gasteiger partial charge >= 0.3 is 6.18 Å². The summed E-state index contributed by atoms with van der Waals surface area (Å²) in [4.78, 5) is 23.8. The summed E-state index contributed by atoms with van der Waals surface area (Å²) < 4.78 is 36.2. The van der Waals surface area contributed by atoms with Crippen molar-refractivity contribution < 1.29 is 22.8 Å². The molecule has 0 unspecified atom stereocenters. The van der Waals surface area contributed by atoms with Crippen molar-refractivity contribution in [2.45, 2.75) is 26.4 Å². The van der Waals surface area contributed by atoms with E-state index in [-0.39, 0.29) is 12.3 Å². The molecule has 0 bridgehead atoms. The molecule has 2 rings (SSSR count). The minimum atomic E-state index is -4.43.